The van der Waals surface area contributed by atoms with Crippen molar-refractivity contribution in [1.82, 2.24) is 4.98 Å². The highest BCUT2D eigenvalue weighted by Gasteiger charge is 2.24. The van der Waals surface area contributed by atoms with Crippen LogP contribution < -0.4 is 4.90 Å². The van der Waals surface area contributed by atoms with Crippen molar-refractivity contribution in [1.29, 1.82) is 0 Å². The van der Waals surface area contributed by atoms with Crippen LogP contribution >= 0.6 is 11.3 Å². The van der Waals surface area contributed by atoms with Crippen LogP contribution in [0.3, 0.4) is 0 Å². The van der Waals surface area contributed by atoms with Crippen molar-refractivity contribution in [2.45, 2.75) is 40.0 Å². The molecule has 0 bridgehead atoms. The third-order valence-electron chi connectivity index (χ3n) is 3.91. The standard InChI is InChI=1S/C14H22N2OS/c1-4-12-13(9-17)18-14(15-12)16-7-5-11(6-8-16)10(2)3/h9-11H,4-8H2,1-3H3. The van der Waals surface area contributed by atoms with Crippen molar-refractivity contribution in [2.24, 2.45) is 11.8 Å². The summed E-state index contributed by atoms with van der Waals surface area (Å²) in [5.74, 6) is 1.62. The van der Waals surface area contributed by atoms with Gasteiger partial charge in [-0.25, -0.2) is 4.98 Å². The maximum absolute atomic E-state index is 11.0. The summed E-state index contributed by atoms with van der Waals surface area (Å²) in [6.45, 7) is 8.83. The summed E-state index contributed by atoms with van der Waals surface area (Å²) >= 11 is 1.55. The first-order chi connectivity index (χ1) is 8.65. The minimum Gasteiger partial charge on any atom is -0.348 e. The minimum atomic E-state index is 0.778. The first kappa shape index (κ1) is 13.5. The second-order valence-electron chi connectivity index (χ2n) is 5.35. The molecule has 1 saturated heterocycles. The molecule has 0 aliphatic carbocycles. The smallest absolute Gasteiger partial charge is 0.186 e. The summed E-state index contributed by atoms with van der Waals surface area (Å²) in [5, 5.41) is 1.04. The Labute approximate surface area is 113 Å². The molecule has 0 radical (unpaired) electrons. The molecule has 1 aromatic rings. The molecule has 0 saturated carbocycles. The Bertz CT molecular complexity index is 406. The molecule has 2 heterocycles. The minimum absolute atomic E-state index is 0.778. The number of nitrogens with zero attached hydrogens (tertiary/aromatic N) is 2. The van der Waals surface area contributed by atoms with Crippen LogP contribution in [0.1, 0.15) is 49.0 Å². The van der Waals surface area contributed by atoms with E-state index < -0.39 is 0 Å². The Balaban J connectivity index is 2.05. The molecule has 1 fully saturated rings. The molecule has 0 unspecified atom stereocenters. The monoisotopic (exact) mass is 266 g/mol. The molecule has 1 aliphatic heterocycles. The normalized spacial score (nSPS) is 17.4. The molecule has 2 rings (SSSR count). The fourth-order valence-electron chi connectivity index (χ4n) is 2.59. The first-order valence-corrected chi connectivity index (χ1v) is 7.67. The zero-order chi connectivity index (χ0) is 13.1. The Hall–Kier alpha value is -0.900. The van der Waals surface area contributed by atoms with Gasteiger partial charge >= 0.3 is 0 Å². The highest BCUT2D eigenvalue weighted by atomic mass is 32.1. The van der Waals surface area contributed by atoms with Crippen LogP contribution in [0.2, 0.25) is 0 Å². The number of aromatic nitrogens is 1. The Kier molecular flexibility index (Phi) is 4.38. The van der Waals surface area contributed by atoms with Crippen molar-refractivity contribution in [2.75, 3.05) is 18.0 Å². The molecule has 0 amide bonds. The van der Waals surface area contributed by atoms with Crippen molar-refractivity contribution >= 4 is 22.8 Å². The second-order valence-corrected chi connectivity index (χ2v) is 6.36. The fourth-order valence-corrected chi connectivity index (χ4v) is 3.61. The average Bonchev–Trinajstić information content (AvgIpc) is 2.82. The summed E-state index contributed by atoms with van der Waals surface area (Å²) in [6.07, 6.45) is 4.28. The van der Waals surface area contributed by atoms with Gasteiger partial charge in [0.2, 0.25) is 0 Å². The molecule has 0 spiro atoms. The Morgan fingerprint density at radius 2 is 2.11 bits per heavy atom. The van der Waals surface area contributed by atoms with Crippen LogP contribution in [-0.2, 0) is 6.42 Å². The van der Waals surface area contributed by atoms with Crippen LogP contribution in [0.5, 0.6) is 0 Å². The number of carbonyl (C=O) groups is 1. The number of piperidine rings is 1. The lowest BCUT2D eigenvalue weighted by Gasteiger charge is -2.33. The maximum atomic E-state index is 11.0. The highest BCUT2D eigenvalue weighted by molar-refractivity contribution is 7.17. The predicted molar refractivity (Wildman–Crippen MR) is 76.7 cm³/mol. The van der Waals surface area contributed by atoms with Crippen LogP contribution in [-0.4, -0.2) is 24.4 Å². The van der Waals surface area contributed by atoms with Crippen LogP contribution in [0.25, 0.3) is 0 Å². The molecule has 3 nitrogen and oxygen atoms in total. The Morgan fingerprint density at radius 1 is 1.44 bits per heavy atom. The molecule has 18 heavy (non-hydrogen) atoms. The maximum Gasteiger partial charge on any atom is 0.186 e. The molecule has 0 aromatic carbocycles. The second kappa shape index (κ2) is 5.83. The number of aryl methyl sites for hydroxylation is 1. The summed E-state index contributed by atoms with van der Waals surface area (Å²) in [5.41, 5.74) is 0.955. The Morgan fingerprint density at radius 3 is 2.56 bits per heavy atom. The zero-order valence-electron chi connectivity index (χ0n) is 11.5. The van der Waals surface area contributed by atoms with E-state index in [9.17, 15) is 4.79 Å². The van der Waals surface area contributed by atoms with E-state index in [-0.39, 0.29) is 0 Å². The number of hydrogen-bond donors (Lipinski definition) is 0. The van der Waals surface area contributed by atoms with Gasteiger partial charge in [-0.2, -0.15) is 0 Å². The van der Waals surface area contributed by atoms with Gasteiger partial charge in [-0.15, -0.1) is 0 Å². The third kappa shape index (κ3) is 2.74. The van der Waals surface area contributed by atoms with Crippen LogP contribution in [0.15, 0.2) is 0 Å². The molecule has 0 N–H and O–H groups in total. The van der Waals surface area contributed by atoms with Crippen molar-refractivity contribution in [3.8, 4) is 0 Å². The molecule has 1 aliphatic rings. The van der Waals surface area contributed by atoms with Gasteiger partial charge in [0.05, 0.1) is 10.6 Å². The molecule has 1 aromatic heterocycles. The number of hydrogen-bond acceptors (Lipinski definition) is 4. The van der Waals surface area contributed by atoms with E-state index in [2.05, 4.69) is 30.7 Å². The van der Waals surface area contributed by atoms with Crippen molar-refractivity contribution < 1.29 is 4.79 Å². The predicted octanol–water partition coefficient (Wildman–Crippen LogP) is 3.39. The van der Waals surface area contributed by atoms with E-state index in [1.807, 2.05) is 0 Å². The number of thiazole rings is 1. The largest absolute Gasteiger partial charge is 0.348 e. The van der Waals surface area contributed by atoms with Gasteiger partial charge in [-0.1, -0.05) is 32.1 Å². The quantitative estimate of drug-likeness (QED) is 0.783. The number of carbonyl (C=O) groups excluding carboxylic acids is 1. The SMILES string of the molecule is CCc1nc(N2CCC(C(C)C)CC2)sc1C=O. The molecular weight excluding hydrogens is 244 g/mol. The van der Waals surface area contributed by atoms with Gasteiger partial charge < -0.3 is 4.90 Å². The van der Waals surface area contributed by atoms with Crippen molar-refractivity contribution in [3.63, 3.8) is 0 Å². The molecule has 4 heteroatoms. The van der Waals surface area contributed by atoms with Crippen LogP contribution in [0.4, 0.5) is 5.13 Å². The fraction of sp³-hybridized carbons (Fsp3) is 0.714. The average molecular weight is 266 g/mol. The van der Waals surface area contributed by atoms with E-state index in [1.54, 1.807) is 11.3 Å². The summed E-state index contributed by atoms with van der Waals surface area (Å²) < 4.78 is 0. The van der Waals surface area contributed by atoms with E-state index in [1.165, 1.54) is 12.8 Å². The number of rotatable bonds is 4. The van der Waals surface area contributed by atoms with Gasteiger partial charge in [0.15, 0.2) is 11.4 Å². The zero-order valence-corrected chi connectivity index (χ0v) is 12.3. The third-order valence-corrected chi connectivity index (χ3v) is 4.99. The lowest BCUT2D eigenvalue weighted by molar-refractivity contribution is 0.112. The van der Waals surface area contributed by atoms with E-state index in [4.69, 9.17) is 0 Å². The first-order valence-electron chi connectivity index (χ1n) is 6.85. The van der Waals surface area contributed by atoms with E-state index >= 15 is 0 Å². The lowest BCUT2D eigenvalue weighted by atomic mass is 9.87. The van der Waals surface area contributed by atoms with Gasteiger partial charge in [0, 0.05) is 13.1 Å². The molecule has 0 atom stereocenters. The van der Waals surface area contributed by atoms with Crippen LogP contribution in [0, 0.1) is 11.8 Å². The lowest BCUT2D eigenvalue weighted by Crippen LogP contribution is -2.35. The van der Waals surface area contributed by atoms with E-state index in [0.717, 1.165) is 53.3 Å². The molecule has 100 valence electrons. The summed E-state index contributed by atoms with van der Waals surface area (Å²) in [7, 11) is 0. The number of anilines is 1. The topological polar surface area (TPSA) is 33.2 Å². The van der Waals surface area contributed by atoms with Crippen molar-refractivity contribution in [3.05, 3.63) is 10.6 Å². The van der Waals surface area contributed by atoms with Gasteiger partial charge in [-0.05, 0) is 31.1 Å². The highest BCUT2D eigenvalue weighted by Crippen LogP contribution is 2.31. The summed E-state index contributed by atoms with van der Waals surface area (Å²) in [6, 6.07) is 0. The molecular formula is C14H22N2OS. The van der Waals surface area contributed by atoms with Gasteiger partial charge in [0.25, 0.3) is 0 Å². The summed E-state index contributed by atoms with van der Waals surface area (Å²) in [4.78, 5) is 18.7. The van der Waals surface area contributed by atoms with Gasteiger partial charge in [0.1, 0.15) is 0 Å². The van der Waals surface area contributed by atoms with Gasteiger partial charge in [-0.3, -0.25) is 4.79 Å². The number of aldehydes is 1. The van der Waals surface area contributed by atoms with E-state index in [0.29, 0.717) is 0 Å².